The maximum Gasteiger partial charge on any atom is 0.143 e. The lowest BCUT2D eigenvalue weighted by atomic mass is 9.67. The number of hydrogen-bond donors (Lipinski definition) is 0. The number of fused-ring (bicyclic) bond motifs is 25. The molecule has 0 aliphatic heterocycles. The van der Waals surface area contributed by atoms with Crippen LogP contribution < -0.4 is 0 Å². The standard InChI is InChI=1S/C80H48O2/c1-3-53-54-31-11-16-36-64(54)79(63(53)4-2)67-45-62-68(46-61(67)73-69(79)43-59(77-75(73)57-34-14-19-39-71(57)81-77)51-29-21-27-49(41-51)47-23-7-5-8-24-47)80(65-37-17-12-32-55(65)56-33-13-18-38-66(56)80)70-44-60(52-30-22-28-50(42-52)48-25-9-6-10-26-48)78-76(74(62)70)58-35-15-20-40-72(58)82-78/h3-46H,1-2H2. The molecule has 1 atom stereocenters. The Kier molecular flexibility index (Phi) is 9.13. The summed E-state index contributed by atoms with van der Waals surface area (Å²) in [6, 6.07) is 94.2. The molecule has 0 bridgehead atoms. The first-order valence-corrected chi connectivity index (χ1v) is 28.4. The van der Waals surface area contributed by atoms with E-state index in [0.29, 0.717) is 0 Å². The molecule has 12 aromatic carbocycles. The van der Waals surface area contributed by atoms with Gasteiger partial charge in [0.15, 0.2) is 0 Å². The molecular formula is C80H48O2. The zero-order chi connectivity index (χ0) is 54.0. The van der Waals surface area contributed by atoms with Crippen molar-refractivity contribution in [3.05, 3.63) is 330 Å². The SMILES string of the molecule is C=CC1=C(C=C)C2(c3ccccc31)c1cc3c(cc1-c1c2cc(-c2cccc(-c4ccccc4)c2)c2oc4ccccc4c12)C1(c2ccccc2-c2ccccc21)c1cc(-c2cccc(-c4ccccc4)c2)c2oc4ccccc4c2c1-3. The lowest BCUT2D eigenvalue weighted by Gasteiger charge is -2.33. The normalized spacial score (nSPS) is 15.5. The predicted octanol–water partition coefficient (Wildman–Crippen LogP) is 21.0. The predicted molar refractivity (Wildman–Crippen MR) is 338 cm³/mol. The summed E-state index contributed by atoms with van der Waals surface area (Å²) in [6.07, 6.45) is 4.17. The van der Waals surface area contributed by atoms with Crippen molar-refractivity contribution in [2.45, 2.75) is 10.8 Å². The third kappa shape index (κ3) is 5.63. The summed E-state index contributed by atoms with van der Waals surface area (Å²) in [6.45, 7) is 9.28. The average molecular weight is 1040 g/mol. The molecule has 2 spiro atoms. The summed E-state index contributed by atoms with van der Waals surface area (Å²) in [5.41, 5.74) is 30.2. The Balaban J connectivity index is 1.03. The minimum atomic E-state index is -0.809. The molecule has 4 aliphatic carbocycles. The third-order valence-electron chi connectivity index (χ3n) is 18.8. The van der Waals surface area contributed by atoms with E-state index in [1.165, 1.54) is 83.5 Å². The van der Waals surface area contributed by atoms with Gasteiger partial charge < -0.3 is 8.83 Å². The quantitative estimate of drug-likeness (QED) is 0.166. The fourth-order valence-corrected chi connectivity index (χ4v) is 15.7. The van der Waals surface area contributed by atoms with Gasteiger partial charge in [0.2, 0.25) is 0 Å². The van der Waals surface area contributed by atoms with Gasteiger partial charge in [-0.05, 0) is 171 Å². The van der Waals surface area contributed by atoms with Gasteiger partial charge in [-0.25, -0.2) is 0 Å². The van der Waals surface area contributed by atoms with Crippen molar-refractivity contribution in [1.82, 2.24) is 0 Å². The summed E-state index contributed by atoms with van der Waals surface area (Å²) in [5, 5.41) is 4.41. The summed E-state index contributed by atoms with van der Waals surface area (Å²) in [5.74, 6) is 0. The van der Waals surface area contributed by atoms with Crippen LogP contribution in [0.1, 0.15) is 44.5 Å². The van der Waals surface area contributed by atoms with Crippen LogP contribution in [0.5, 0.6) is 0 Å². The lowest BCUT2D eigenvalue weighted by molar-refractivity contribution is 0.669. The zero-order valence-electron chi connectivity index (χ0n) is 44.6. The number of rotatable bonds is 6. The highest BCUT2D eigenvalue weighted by atomic mass is 16.3. The first kappa shape index (κ1) is 45.3. The highest BCUT2D eigenvalue weighted by Crippen LogP contribution is 2.70. The van der Waals surface area contributed by atoms with Gasteiger partial charge in [0, 0.05) is 32.7 Å². The topological polar surface area (TPSA) is 26.3 Å². The van der Waals surface area contributed by atoms with Crippen LogP contribution in [0.2, 0.25) is 0 Å². The maximum atomic E-state index is 7.29. The van der Waals surface area contributed by atoms with Crippen LogP contribution in [0, 0.1) is 0 Å². The van der Waals surface area contributed by atoms with Gasteiger partial charge in [-0.15, -0.1) is 0 Å². The van der Waals surface area contributed by atoms with E-state index in [1.807, 2.05) is 0 Å². The van der Waals surface area contributed by atoms with Crippen LogP contribution in [0.25, 0.3) is 127 Å². The number of allylic oxidation sites excluding steroid dienone is 4. The summed E-state index contributed by atoms with van der Waals surface area (Å²) in [4.78, 5) is 0. The highest BCUT2D eigenvalue weighted by molar-refractivity contribution is 6.23. The van der Waals surface area contributed by atoms with E-state index in [4.69, 9.17) is 15.4 Å². The van der Waals surface area contributed by atoms with E-state index in [1.54, 1.807) is 0 Å². The van der Waals surface area contributed by atoms with E-state index in [9.17, 15) is 0 Å². The van der Waals surface area contributed by atoms with Crippen LogP contribution in [0.15, 0.2) is 295 Å². The average Bonchev–Trinajstić information content (AvgIpc) is 1.72. The molecule has 0 saturated heterocycles. The Labute approximate surface area is 474 Å². The summed E-state index contributed by atoms with van der Waals surface area (Å²) < 4.78 is 14.6. The van der Waals surface area contributed by atoms with E-state index in [0.717, 1.165) is 94.0 Å². The van der Waals surface area contributed by atoms with Gasteiger partial charge >= 0.3 is 0 Å². The van der Waals surface area contributed by atoms with Crippen LogP contribution in [-0.2, 0) is 10.8 Å². The van der Waals surface area contributed by atoms with Gasteiger partial charge in [-0.1, -0.05) is 232 Å². The van der Waals surface area contributed by atoms with Crippen LogP contribution in [0.4, 0.5) is 0 Å². The van der Waals surface area contributed by atoms with E-state index in [2.05, 4.69) is 274 Å². The maximum absolute atomic E-state index is 7.29. The summed E-state index contributed by atoms with van der Waals surface area (Å²) >= 11 is 0. The van der Waals surface area contributed by atoms with Crippen molar-refractivity contribution < 1.29 is 8.83 Å². The van der Waals surface area contributed by atoms with E-state index in [-0.39, 0.29) is 0 Å². The number of para-hydroxylation sites is 2. The van der Waals surface area contributed by atoms with Crippen LogP contribution in [-0.4, -0.2) is 0 Å². The molecule has 2 nitrogen and oxygen atoms in total. The second-order valence-corrected chi connectivity index (χ2v) is 22.5. The van der Waals surface area contributed by atoms with Gasteiger partial charge in [-0.3, -0.25) is 0 Å². The molecule has 82 heavy (non-hydrogen) atoms. The van der Waals surface area contributed by atoms with Crippen LogP contribution >= 0.6 is 0 Å². The number of benzene rings is 12. The Morgan fingerprint density at radius 1 is 0.280 bits per heavy atom. The molecule has 0 amide bonds. The molecule has 0 radical (unpaired) electrons. The molecule has 0 saturated carbocycles. The molecule has 1 unspecified atom stereocenters. The second-order valence-electron chi connectivity index (χ2n) is 22.5. The Morgan fingerprint density at radius 3 is 1.17 bits per heavy atom. The molecule has 2 aromatic heterocycles. The van der Waals surface area contributed by atoms with Gasteiger partial charge in [0.25, 0.3) is 0 Å². The summed E-state index contributed by atoms with van der Waals surface area (Å²) in [7, 11) is 0. The molecule has 0 fully saturated rings. The molecule has 2 heterocycles. The molecule has 14 aromatic rings. The molecule has 4 aliphatic rings. The molecular weight excluding hydrogens is 993 g/mol. The number of furan rings is 2. The van der Waals surface area contributed by atoms with Crippen LogP contribution in [0.3, 0.4) is 0 Å². The Hall–Kier alpha value is -10.5. The van der Waals surface area contributed by atoms with Crippen molar-refractivity contribution in [2.75, 3.05) is 0 Å². The van der Waals surface area contributed by atoms with E-state index < -0.39 is 10.8 Å². The van der Waals surface area contributed by atoms with Crippen molar-refractivity contribution >= 4 is 49.5 Å². The van der Waals surface area contributed by atoms with Crippen molar-refractivity contribution in [3.8, 4) is 77.9 Å². The first-order chi connectivity index (χ1) is 40.6. The third-order valence-corrected chi connectivity index (χ3v) is 18.8. The second kappa shape index (κ2) is 16.5. The Morgan fingerprint density at radius 2 is 0.671 bits per heavy atom. The largest absolute Gasteiger partial charge is 0.455 e. The molecule has 18 rings (SSSR count). The Bertz CT molecular complexity index is 5150. The van der Waals surface area contributed by atoms with Crippen molar-refractivity contribution in [3.63, 3.8) is 0 Å². The molecule has 2 heteroatoms. The lowest BCUT2D eigenvalue weighted by Crippen LogP contribution is -2.28. The fourth-order valence-electron chi connectivity index (χ4n) is 15.7. The van der Waals surface area contributed by atoms with Crippen molar-refractivity contribution in [2.24, 2.45) is 0 Å². The highest BCUT2D eigenvalue weighted by Gasteiger charge is 2.57. The fraction of sp³-hybridized carbons (Fsp3) is 0.0250. The van der Waals surface area contributed by atoms with E-state index >= 15 is 0 Å². The zero-order valence-corrected chi connectivity index (χ0v) is 44.6. The van der Waals surface area contributed by atoms with Crippen molar-refractivity contribution in [1.29, 1.82) is 0 Å². The molecule has 0 N–H and O–H groups in total. The van der Waals surface area contributed by atoms with Gasteiger partial charge in [-0.2, -0.15) is 0 Å². The minimum Gasteiger partial charge on any atom is -0.455 e. The smallest absolute Gasteiger partial charge is 0.143 e. The number of hydrogen-bond acceptors (Lipinski definition) is 2. The molecule has 380 valence electrons. The first-order valence-electron chi connectivity index (χ1n) is 28.4. The van der Waals surface area contributed by atoms with Gasteiger partial charge in [0.05, 0.1) is 10.8 Å². The monoisotopic (exact) mass is 1040 g/mol. The minimum absolute atomic E-state index is 0.729. The van der Waals surface area contributed by atoms with Gasteiger partial charge in [0.1, 0.15) is 22.3 Å².